The highest BCUT2D eigenvalue weighted by Crippen LogP contribution is 2.45. The summed E-state index contributed by atoms with van der Waals surface area (Å²) < 4.78 is 5.45. The van der Waals surface area contributed by atoms with Crippen LogP contribution in [0.25, 0.3) is 0 Å². The van der Waals surface area contributed by atoms with Gasteiger partial charge in [-0.25, -0.2) is 0 Å². The van der Waals surface area contributed by atoms with Gasteiger partial charge in [-0.15, -0.1) is 0 Å². The van der Waals surface area contributed by atoms with Gasteiger partial charge in [0, 0.05) is 25.2 Å². The van der Waals surface area contributed by atoms with Gasteiger partial charge in [0.05, 0.1) is 0 Å². The van der Waals surface area contributed by atoms with Crippen molar-refractivity contribution in [2.75, 3.05) is 13.2 Å². The Bertz CT molecular complexity index is 289. The maximum absolute atomic E-state index is 12.4. The molecule has 0 radical (unpaired) electrons. The van der Waals surface area contributed by atoms with E-state index in [0.29, 0.717) is 23.8 Å². The molecule has 0 spiro atoms. The summed E-state index contributed by atoms with van der Waals surface area (Å²) in [5.74, 6) is 2.18. The number of fused-ring (bicyclic) bond motifs is 3. The molecule has 2 unspecified atom stereocenters. The fourth-order valence-corrected chi connectivity index (χ4v) is 4.06. The summed E-state index contributed by atoms with van der Waals surface area (Å²) >= 11 is 0. The minimum atomic E-state index is 0.321. The molecule has 18 heavy (non-hydrogen) atoms. The van der Waals surface area contributed by atoms with Crippen LogP contribution in [0.4, 0.5) is 0 Å². The molecule has 0 aromatic heterocycles. The molecule has 1 N–H and O–H groups in total. The molecule has 4 rings (SSSR count). The first-order valence-corrected chi connectivity index (χ1v) is 7.71. The average Bonchev–Trinajstić information content (AvgIpc) is 2.68. The third-order valence-electron chi connectivity index (χ3n) is 5.18. The fourth-order valence-electron chi connectivity index (χ4n) is 4.06. The number of ether oxygens (including phenoxy) is 1. The van der Waals surface area contributed by atoms with E-state index >= 15 is 0 Å². The van der Waals surface area contributed by atoms with Gasteiger partial charge in [-0.05, 0) is 50.4 Å². The number of carbonyl (C=O) groups excluding carboxylic acids is 1. The van der Waals surface area contributed by atoms with Crippen LogP contribution in [0.2, 0.25) is 0 Å². The number of carbonyl (C=O) groups is 1. The van der Waals surface area contributed by atoms with E-state index in [1.54, 1.807) is 0 Å². The Morgan fingerprint density at radius 3 is 2.56 bits per heavy atom. The SMILES string of the molecule is O=C(NC1CCCOCC1)C1CC2CCC1CC2. The molecule has 2 atom stereocenters. The molecule has 0 aromatic rings. The van der Waals surface area contributed by atoms with Gasteiger partial charge in [-0.2, -0.15) is 0 Å². The molecule has 2 bridgehead atoms. The highest BCUT2D eigenvalue weighted by Gasteiger charge is 2.39. The van der Waals surface area contributed by atoms with Crippen LogP contribution in [0.5, 0.6) is 0 Å². The lowest BCUT2D eigenvalue weighted by Crippen LogP contribution is -2.45. The number of rotatable bonds is 2. The highest BCUT2D eigenvalue weighted by molar-refractivity contribution is 5.79. The fraction of sp³-hybridized carbons (Fsp3) is 0.933. The molecule has 1 heterocycles. The number of nitrogens with one attached hydrogen (secondary N) is 1. The van der Waals surface area contributed by atoms with Crippen molar-refractivity contribution in [1.29, 1.82) is 0 Å². The second kappa shape index (κ2) is 5.60. The quantitative estimate of drug-likeness (QED) is 0.819. The van der Waals surface area contributed by atoms with Gasteiger partial charge in [0.2, 0.25) is 5.91 Å². The van der Waals surface area contributed by atoms with E-state index in [2.05, 4.69) is 5.32 Å². The van der Waals surface area contributed by atoms with Crippen molar-refractivity contribution < 1.29 is 9.53 Å². The zero-order valence-electron chi connectivity index (χ0n) is 11.2. The summed E-state index contributed by atoms with van der Waals surface area (Å²) in [6, 6.07) is 0.362. The van der Waals surface area contributed by atoms with Crippen LogP contribution in [-0.2, 0) is 9.53 Å². The minimum Gasteiger partial charge on any atom is -0.381 e. The molecule has 4 fully saturated rings. The van der Waals surface area contributed by atoms with Crippen LogP contribution >= 0.6 is 0 Å². The predicted octanol–water partition coefficient (Wildman–Crippen LogP) is 2.50. The number of amides is 1. The summed E-state index contributed by atoms with van der Waals surface area (Å²) in [7, 11) is 0. The lowest BCUT2D eigenvalue weighted by Gasteiger charge is -2.41. The molecule has 1 aliphatic heterocycles. The van der Waals surface area contributed by atoms with Crippen LogP contribution in [0.3, 0.4) is 0 Å². The van der Waals surface area contributed by atoms with Crippen LogP contribution in [0.15, 0.2) is 0 Å². The van der Waals surface area contributed by atoms with Crippen molar-refractivity contribution >= 4 is 5.91 Å². The van der Waals surface area contributed by atoms with E-state index in [0.717, 1.165) is 44.8 Å². The van der Waals surface area contributed by atoms with E-state index in [-0.39, 0.29) is 0 Å². The van der Waals surface area contributed by atoms with Crippen molar-refractivity contribution in [3.05, 3.63) is 0 Å². The Balaban J connectivity index is 1.54. The molecular weight excluding hydrogens is 226 g/mol. The van der Waals surface area contributed by atoms with Crippen molar-refractivity contribution in [3.8, 4) is 0 Å². The molecule has 0 aromatic carbocycles. The second-order valence-electron chi connectivity index (χ2n) is 6.37. The van der Waals surface area contributed by atoms with Crippen molar-refractivity contribution in [2.45, 2.75) is 57.4 Å². The third kappa shape index (κ3) is 2.71. The van der Waals surface area contributed by atoms with Crippen LogP contribution in [-0.4, -0.2) is 25.2 Å². The maximum Gasteiger partial charge on any atom is 0.223 e. The first-order chi connectivity index (χ1) is 8.83. The number of hydrogen-bond donors (Lipinski definition) is 1. The molecule has 3 heteroatoms. The van der Waals surface area contributed by atoms with E-state index in [1.165, 1.54) is 25.7 Å². The minimum absolute atomic E-state index is 0.321. The molecule has 4 aliphatic rings. The summed E-state index contributed by atoms with van der Waals surface area (Å²) in [4.78, 5) is 12.4. The maximum atomic E-state index is 12.4. The average molecular weight is 251 g/mol. The van der Waals surface area contributed by atoms with E-state index < -0.39 is 0 Å². The molecule has 1 amide bonds. The molecule has 3 nitrogen and oxygen atoms in total. The van der Waals surface area contributed by atoms with Crippen LogP contribution < -0.4 is 5.32 Å². The molecule has 3 saturated carbocycles. The lowest BCUT2D eigenvalue weighted by molar-refractivity contribution is -0.131. The number of hydrogen-bond acceptors (Lipinski definition) is 2. The van der Waals surface area contributed by atoms with Gasteiger partial charge in [-0.1, -0.05) is 12.8 Å². The first-order valence-electron chi connectivity index (χ1n) is 7.71. The van der Waals surface area contributed by atoms with Gasteiger partial charge < -0.3 is 10.1 Å². The highest BCUT2D eigenvalue weighted by atomic mass is 16.5. The van der Waals surface area contributed by atoms with Gasteiger partial charge in [0.25, 0.3) is 0 Å². The normalized spacial score (nSPS) is 40.2. The van der Waals surface area contributed by atoms with E-state index in [9.17, 15) is 4.79 Å². The Morgan fingerprint density at radius 2 is 1.83 bits per heavy atom. The van der Waals surface area contributed by atoms with Crippen molar-refractivity contribution in [2.24, 2.45) is 17.8 Å². The summed E-state index contributed by atoms with van der Waals surface area (Å²) in [6.07, 6.45) is 9.63. The van der Waals surface area contributed by atoms with Gasteiger partial charge in [0.15, 0.2) is 0 Å². The zero-order chi connectivity index (χ0) is 12.4. The van der Waals surface area contributed by atoms with Crippen LogP contribution in [0, 0.1) is 17.8 Å². The van der Waals surface area contributed by atoms with Crippen molar-refractivity contribution in [1.82, 2.24) is 5.32 Å². The monoisotopic (exact) mass is 251 g/mol. The Hall–Kier alpha value is -0.570. The van der Waals surface area contributed by atoms with E-state index in [4.69, 9.17) is 4.74 Å². The molecular formula is C15H25NO2. The van der Waals surface area contributed by atoms with Gasteiger partial charge in [-0.3, -0.25) is 4.79 Å². The van der Waals surface area contributed by atoms with Gasteiger partial charge in [0.1, 0.15) is 0 Å². The summed E-state index contributed by atoms with van der Waals surface area (Å²) in [6.45, 7) is 1.67. The Labute approximate surface area is 110 Å². The van der Waals surface area contributed by atoms with Gasteiger partial charge >= 0.3 is 0 Å². The molecule has 1 saturated heterocycles. The molecule has 102 valence electrons. The largest absolute Gasteiger partial charge is 0.381 e. The smallest absolute Gasteiger partial charge is 0.223 e. The molecule has 3 aliphatic carbocycles. The second-order valence-corrected chi connectivity index (χ2v) is 6.37. The van der Waals surface area contributed by atoms with E-state index in [1.807, 2.05) is 0 Å². The first kappa shape index (κ1) is 12.5. The summed E-state index contributed by atoms with van der Waals surface area (Å²) in [5.41, 5.74) is 0. The lowest BCUT2D eigenvalue weighted by atomic mass is 9.64. The van der Waals surface area contributed by atoms with Crippen molar-refractivity contribution in [3.63, 3.8) is 0 Å². The topological polar surface area (TPSA) is 38.3 Å². The predicted molar refractivity (Wildman–Crippen MR) is 70.2 cm³/mol. The standard InChI is InChI=1S/C15H25NO2/c17-15(16-13-2-1-8-18-9-7-13)14-10-11-3-5-12(14)6-4-11/h11-14H,1-10H2,(H,16,17). The summed E-state index contributed by atoms with van der Waals surface area (Å²) in [5, 5.41) is 3.29. The zero-order valence-corrected chi connectivity index (χ0v) is 11.2. The third-order valence-corrected chi connectivity index (χ3v) is 5.18. The Morgan fingerprint density at radius 1 is 1.00 bits per heavy atom. The Kier molecular flexibility index (Phi) is 3.88. The van der Waals surface area contributed by atoms with Crippen LogP contribution in [0.1, 0.15) is 51.4 Å².